The van der Waals surface area contributed by atoms with E-state index in [1.807, 2.05) is 24.3 Å². The molecule has 1 saturated carbocycles. The number of nitriles is 1. The fraction of sp³-hybridized carbons (Fsp3) is 0.579. The number of piperidine rings is 1. The second-order valence-corrected chi connectivity index (χ2v) is 6.96. The number of hydrogen-bond donors (Lipinski definition) is 2. The zero-order valence-corrected chi connectivity index (χ0v) is 13.7. The van der Waals surface area contributed by atoms with E-state index in [9.17, 15) is 4.79 Å². The quantitative estimate of drug-likeness (QED) is 0.892. The van der Waals surface area contributed by atoms with Crippen molar-refractivity contribution in [3.05, 3.63) is 29.8 Å². The number of fused-ring (bicyclic) bond motifs is 1. The molecule has 2 fully saturated rings. The number of nitrogens with zero attached hydrogens (tertiary/aromatic N) is 1. The predicted octanol–water partition coefficient (Wildman–Crippen LogP) is 1.93. The number of anilines is 1. The molecule has 1 aliphatic heterocycles. The van der Waals surface area contributed by atoms with Crippen molar-refractivity contribution in [3.8, 4) is 6.07 Å². The molecular formula is C19H26N3O+. The number of likely N-dealkylation sites (tertiary alicyclic amines) is 1. The van der Waals surface area contributed by atoms with E-state index in [1.54, 1.807) is 0 Å². The highest BCUT2D eigenvalue weighted by Gasteiger charge is 2.37. The number of carbonyl (C=O) groups is 1. The molecule has 4 nitrogen and oxygen atoms in total. The van der Waals surface area contributed by atoms with Crippen molar-refractivity contribution >= 4 is 11.6 Å². The summed E-state index contributed by atoms with van der Waals surface area (Å²) in [5, 5.41) is 11.7. The maximum absolute atomic E-state index is 12.4. The summed E-state index contributed by atoms with van der Waals surface area (Å²) >= 11 is 0. The van der Waals surface area contributed by atoms with Crippen LogP contribution in [0.15, 0.2) is 24.3 Å². The number of amides is 1. The summed E-state index contributed by atoms with van der Waals surface area (Å²) in [4.78, 5) is 13.9. The summed E-state index contributed by atoms with van der Waals surface area (Å²) in [6.45, 7) is 1.72. The molecule has 0 radical (unpaired) electrons. The molecule has 2 aliphatic rings. The molecule has 1 saturated heterocycles. The van der Waals surface area contributed by atoms with Crippen LogP contribution in [-0.2, 0) is 11.2 Å². The minimum atomic E-state index is 0.110. The standard InChI is InChI=1S/C19H25N3O/c20-12-11-15-7-9-17(10-8-15)21-19(23)14-22-13-3-5-16-4-1-2-6-18(16)22/h7-10,16,18H,1-6,11,13-14H2,(H,21,23)/p+1/t16-,18-/m0/s1. The van der Waals surface area contributed by atoms with Crippen LogP contribution in [0.25, 0.3) is 0 Å². The van der Waals surface area contributed by atoms with E-state index in [-0.39, 0.29) is 5.91 Å². The van der Waals surface area contributed by atoms with E-state index in [0.29, 0.717) is 19.0 Å². The Morgan fingerprint density at radius 3 is 2.70 bits per heavy atom. The second kappa shape index (κ2) is 7.61. The van der Waals surface area contributed by atoms with Gasteiger partial charge in [0, 0.05) is 11.6 Å². The third kappa shape index (κ3) is 4.11. The molecular weight excluding hydrogens is 286 g/mol. The van der Waals surface area contributed by atoms with Crippen LogP contribution in [0.2, 0.25) is 0 Å². The van der Waals surface area contributed by atoms with Gasteiger partial charge in [-0.25, -0.2) is 0 Å². The monoisotopic (exact) mass is 312 g/mol. The third-order valence-electron chi connectivity index (χ3n) is 5.41. The number of carbonyl (C=O) groups excluding carboxylic acids is 1. The summed E-state index contributed by atoms with van der Waals surface area (Å²) < 4.78 is 0. The molecule has 1 unspecified atom stereocenters. The molecule has 1 amide bonds. The zero-order valence-electron chi connectivity index (χ0n) is 13.7. The van der Waals surface area contributed by atoms with Crippen LogP contribution in [0.1, 0.15) is 44.1 Å². The van der Waals surface area contributed by atoms with Crippen molar-refractivity contribution in [2.45, 2.75) is 51.0 Å². The highest BCUT2D eigenvalue weighted by molar-refractivity contribution is 5.91. The van der Waals surface area contributed by atoms with Crippen LogP contribution in [0.3, 0.4) is 0 Å². The van der Waals surface area contributed by atoms with E-state index in [0.717, 1.165) is 23.7 Å². The highest BCUT2D eigenvalue weighted by Crippen LogP contribution is 2.28. The fourth-order valence-electron chi connectivity index (χ4n) is 4.30. The lowest BCUT2D eigenvalue weighted by atomic mass is 9.78. The van der Waals surface area contributed by atoms with Crippen LogP contribution < -0.4 is 10.2 Å². The lowest BCUT2D eigenvalue weighted by Gasteiger charge is -2.40. The van der Waals surface area contributed by atoms with Crippen molar-refractivity contribution in [1.82, 2.24) is 0 Å². The Labute approximate surface area is 138 Å². The van der Waals surface area contributed by atoms with Gasteiger partial charge in [0.1, 0.15) is 0 Å². The minimum absolute atomic E-state index is 0.110. The zero-order chi connectivity index (χ0) is 16.1. The third-order valence-corrected chi connectivity index (χ3v) is 5.41. The molecule has 0 aromatic heterocycles. The van der Waals surface area contributed by atoms with Gasteiger partial charge in [-0.05, 0) is 49.8 Å². The van der Waals surface area contributed by atoms with E-state index in [1.165, 1.54) is 43.4 Å². The number of rotatable bonds is 4. The molecule has 3 atom stereocenters. The maximum atomic E-state index is 12.4. The average Bonchev–Trinajstić information content (AvgIpc) is 2.57. The van der Waals surface area contributed by atoms with Crippen LogP contribution in [-0.4, -0.2) is 25.0 Å². The Hall–Kier alpha value is -1.86. The number of hydrogen-bond acceptors (Lipinski definition) is 2. The van der Waals surface area contributed by atoms with Gasteiger partial charge in [0.25, 0.3) is 5.91 Å². The van der Waals surface area contributed by atoms with Crippen LogP contribution in [0.5, 0.6) is 0 Å². The number of quaternary nitrogens is 1. The first-order chi connectivity index (χ1) is 11.3. The first-order valence-corrected chi connectivity index (χ1v) is 8.86. The Kier molecular flexibility index (Phi) is 5.30. The van der Waals surface area contributed by atoms with Crippen LogP contribution in [0, 0.1) is 17.2 Å². The van der Waals surface area contributed by atoms with E-state index in [2.05, 4.69) is 11.4 Å². The molecule has 0 spiro atoms. The number of benzene rings is 1. The Balaban J connectivity index is 1.55. The second-order valence-electron chi connectivity index (χ2n) is 6.96. The van der Waals surface area contributed by atoms with Crippen molar-refractivity contribution in [1.29, 1.82) is 5.26 Å². The van der Waals surface area contributed by atoms with Crippen molar-refractivity contribution < 1.29 is 9.69 Å². The van der Waals surface area contributed by atoms with Gasteiger partial charge in [-0.3, -0.25) is 4.79 Å². The Morgan fingerprint density at radius 2 is 1.91 bits per heavy atom. The SMILES string of the molecule is N#CCc1ccc(NC(=O)C[NH+]2CCC[C@@H]3CCCC[C@@H]32)cc1. The Bertz CT molecular complexity index is 573. The van der Waals surface area contributed by atoms with Crippen molar-refractivity contribution in [3.63, 3.8) is 0 Å². The first-order valence-electron chi connectivity index (χ1n) is 8.86. The van der Waals surface area contributed by atoms with Gasteiger partial charge in [0.05, 0.1) is 25.1 Å². The molecule has 3 rings (SSSR count). The summed E-state index contributed by atoms with van der Waals surface area (Å²) in [6.07, 6.45) is 8.37. The predicted molar refractivity (Wildman–Crippen MR) is 90.1 cm³/mol. The Morgan fingerprint density at radius 1 is 1.17 bits per heavy atom. The lowest BCUT2D eigenvalue weighted by Crippen LogP contribution is -3.18. The van der Waals surface area contributed by atoms with Gasteiger partial charge in [0.15, 0.2) is 6.54 Å². The van der Waals surface area contributed by atoms with E-state index in [4.69, 9.17) is 5.26 Å². The largest absolute Gasteiger partial charge is 0.324 e. The molecule has 122 valence electrons. The molecule has 1 aliphatic carbocycles. The molecule has 1 heterocycles. The molecule has 1 aromatic rings. The van der Waals surface area contributed by atoms with Crippen LogP contribution >= 0.6 is 0 Å². The molecule has 0 bridgehead atoms. The normalized spacial score (nSPS) is 26.8. The van der Waals surface area contributed by atoms with E-state index >= 15 is 0 Å². The molecule has 1 aromatic carbocycles. The topological polar surface area (TPSA) is 57.3 Å². The fourth-order valence-corrected chi connectivity index (χ4v) is 4.30. The molecule has 4 heteroatoms. The first kappa shape index (κ1) is 16.0. The van der Waals surface area contributed by atoms with Gasteiger partial charge in [-0.2, -0.15) is 5.26 Å². The van der Waals surface area contributed by atoms with Gasteiger partial charge in [-0.1, -0.05) is 18.6 Å². The number of nitrogens with one attached hydrogen (secondary N) is 2. The smallest absolute Gasteiger partial charge is 0.279 e. The molecule has 2 N–H and O–H groups in total. The summed E-state index contributed by atoms with van der Waals surface area (Å²) in [5.41, 5.74) is 1.81. The van der Waals surface area contributed by atoms with Gasteiger partial charge in [-0.15, -0.1) is 0 Å². The summed E-state index contributed by atoms with van der Waals surface area (Å²) in [6, 6.07) is 10.4. The highest BCUT2D eigenvalue weighted by atomic mass is 16.2. The van der Waals surface area contributed by atoms with Crippen LogP contribution in [0.4, 0.5) is 5.69 Å². The van der Waals surface area contributed by atoms with Gasteiger partial charge >= 0.3 is 0 Å². The maximum Gasteiger partial charge on any atom is 0.279 e. The van der Waals surface area contributed by atoms with Crippen molar-refractivity contribution in [2.24, 2.45) is 5.92 Å². The van der Waals surface area contributed by atoms with E-state index < -0.39 is 0 Å². The summed E-state index contributed by atoms with van der Waals surface area (Å²) in [7, 11) is 0. The summed E-state index contributed by atoms with van der Waals surface area (Å²) in [5.74, 6) is 0.949. The molecule has 23 heavy (non-hydrogen) atoms. The minimum Gasteiger partial charge on any atom is -0.324 e. The van der Waals surface area contributed by atoms with Gasteiger partial charge in [0.2, 0.25) is 0 Å². The van der Waals surface area contributed by atoms with Gasteiger partial charge < -0.3 is 10.2 Å². The average molecular weight is 312 g/mol. The lowest BCUT2D eigenvalue weighted by molar-refractivity contribution is -0.928. The van der Waals surface area contributed by atoms with Crippen molar-refractivity contribution in [2.75, 3.05) is 18.4 Å².